The number of aliphatic hydroxyl groups is 1. The van der Waals surface area contributed by atoms with E-state index in [0.29, 0.717) is 17.1 Å². The summed E-state index contributed by atoms with van der Waals surface area (Å²) in [6.07, 6.45) is -4.21. The number of alkyl halides is 2. The molecular weight excluding hydrogens is 648 g/mol. The molecule has 0 amide bonds. The molecule has 17 heteroatoms. The number of nitrogens with zero attached hydrogens (tertiary/aromatic N) is 4. The fourth-order valence-electron chi connectivity index (χ4n) is 4.91. The smallest absolute Gasteiger partial charge is 0.323 e. The quantitative estimate of drug-likeness (QED) is 0.0961. The Hall–Kier alpha value is -3.17. The molecule has 2 aromatic carbocycles. The van der Waals surface area contributed by atoms with Gasteiger partial charge in [-0.25, -0.2) is 14.5 Å². The number of aromatic nitrogens is 4. The molecule has 1 unspecified atom stereocenters. The van der Waals surface area contributed by atoms with E-state index in [1.807, 2.05) is 30.3 Å². The van der Waals surface area contributed by atoms with E-state index in [9.17, 15) is 9.90 Å². The zero-order valence-corrected chi connectivity index (χ0v) is 27.4. The average molecular weight is 682 g/mol. The SMILES string of the molecule is CNc1nc(N)nc2c1ncn2[C@@H]1O[C@](CCl)(COP(=S)(N[C@H](C)C(=O)OC(C)C)Oc2cccc3ccccc23)[C@@H](O)[C@H]1F. The van der Waals surface area contributed by atoms with Crippen molar-refractivity contribution >= 4 is 69.7 Å². The van der Waals surface area contributed by atoms with Crippen molar-refractivity contribution in [1.82, 2.24) is 24.6 Å². The van der Waals surface area contributed by atoms with Crippen LogP contribution >= 0.6 is 18.2 Å². The van der Waals surface area contributed by atoms with Crippen LogP contribution in [0.15, 0.2) is 48.8 Å². The molecule has 1 aliphatic heterocycles. The number of fused-ring (bicyclic) bond motifs is 2. The molecule has 242 valence electrons. The number of hydrogen-bond acceptors (Lipinski definition) is 12. The van der Waals surface area contributed by atoms with Gasteiger partial charge in [-0.2, -0.15) is 9.97 Å². The number of rotatable bonds is 12. The number of carbonyl (C=O) groups is 1. The number of aliphatic hydroxyl groups excluding tert-OH is 1. The molecule has 0 aliphatic carbocycles. The first-order chi connectivity index (χ1) is 21.4. The minimum absolute atomic E-state index is 0.0723. The van der Waals surface area contributed by atoms with Gasteiger partial charge in [-0.15, -0.1) is 11.6 Å². The molecule has 0 spiro atoms. The van der Waals surface area contributed by atoms with E-state index in [2.05, 4.69) is 25.4 Å². The van der Waals surface area contributed by atoms with Gasteiger partial charge in [-0.3, -0.25) is 9.36 Å². The lowest BCUT2D eigenvalue weighted by molar-refractivity contribution is -0.149. The molecule has 6 atom stereocenters. The Labute approximate surface area is 268 Å². The zero-order chi connectivity index (χ0) is 32.5. The number of halogens is 2. The molecule has 1 saturated heterocycles. The van der Waals surface area contributed by atoms with Gasteiger partial charge in [0.1, 0.15) is 23.5 Å². The molecule has 5 rings (SSSR count). The van der Waals surface area contributed by atoms with Crippen LogP contribution in [0.4, 0.5) is 16.2 Å². The first kappa shape index (κ1) is 33.2. The van der Waals surface area contributed by atoms with Crippen molar-refractivity contribution in [3.8, 4) is 5.75 Å². The van der Waals surface area contributed by atoms with Gasteiger partial charge < -0.3 is 34.7 Å². The summed E-state index contributed by atoms with van der Waals surface area (Å²) < 4.78 is 41.1. The summed E-state index contributed by atoms with van der Waals surface area (Å²) in [5.74, 6) is -0.307. The summed E-state index contributed by atoms with van der Waals surface area (Å²) in [5.41, 5.74) is 4.57. The van der Waals surface area contributed by atoms with Crippen molar-refractivity contribution in [2.45, 2.75) is 57.0 Å². The Morgan fingerprint density at radius 1 is 1.27 bits per heavy atom. The third-order valence-electron chi connectivity index (χ3n) is 7.15. The summed E-state index contributed by atoms with van der Waals surface area (Å²) in [4.78, 5) is 25.3. The average Bonchev–Trinajstić information content (AvgIpc) is 3.54. The highest BCUT2D eigenvalue weighted by Crippen LogP contribution is 2.50. The van der Waals surface area contributed by atoms with Crippen LogP contribution in [0, 0.1) is 0 Å². The Bertz CT molecular complexity index is 1750. The Morgan fingerprint density at radius 3 is 2.71 bits per heavy atom. The van der Waals surface area contributed by atoms with Gasteiger partial charge in [0.2, 0.25) is 5.95 Å². The van der Waals surface area contributed by atoms with Gasteiger partial charge in [0, 0.05) is 12.4 Å². The van der Waals surface area contributed by atoms with Crippen LogP contribution in [-0.2, 0) is 30.6 Å². The predicted molar refractivity (Wildman–Crippen MR) is 172 cm³/mol. The maximum absolute atomic E-state index is 15.9. The maximum atomic E-state index is 15.9. The van der Waals surface area contributed by atoms with E-state index in [4.69, 9.17) is 47.7 Å². The molecule has 0 bridgehead atoms. The zero-order valence-electron chi connectivity index (χ0n) is 24.9. The van der Waals surface area contributed by atoms with Crippen molar-refractivity contribution in [2.24, 2.45) is 0 Å². The highest BCUT2D eigenvalue weighted by atomic mass is 35.5. The third-order valence-corrected chi connectivity index (χ3v) is 10.1. The minimum Gasteiger partial charge on any atom is -0.462 e. The van der Waals surface area contributed by atoms with Gasteiger partial charge in [0.25, 0.3) is 0 Å². The number of nitrogens with two attached hydrogens (primary N) is 1. The molecule has 5 N–H and O–H groups in total. The number of ether oxygens (including phenoxy) is 2. The van der Waals surface area contributed by atoms with Crippen LogP contribution in [0.2, 0.25) is 0 Å². The number of nitrogen functional groups attached to an aromatic ring is 1. The topological polar surface area (TPSA) is 168 Å². The summed E-state index contributed by atoms with van der Waals surface area (Å²) in [6, 6.07) is 12.0. The van der Waals surface area contributed by atoms with Crippen LogP contribution in [0.5, 0.6) is 5.75 Å². The summed E-state index contributed by atoms with van der Waals surface area (Å²) in [7, 11) is 1.63. The Balaban J connectivity index is 1.45. The maximum Gasteiger partial charge on any atom is 0.323 e. The monoisotopic (exact) mass is 681 g/mol. The minimum atomic E-state index is -3.64. The van der Waals surface area contributed by atoms with E-state index < -0.39 is 49.4 Å². The van der Waals surface area contributed by atoms with Crippen molar-refractivity contribution in [3.63, 3.8) is 0 Å². The molecule has 0 radical (unpaired) electrons. The number of anilines is 2. The summed E-state index contributed by atoms with van der Waals surface area (Å²) in [6.45, 7) is 0.862. The van der Waals surface area contributed by atoms with E-state index in [-0.39, 0.29) is 23.6 Å². The lowest BCUT2D eigenvalue weighted by atomic mass is 9.99. The molecule has 13 nitrogen and oxygen atoms in total. The fraction of sp³-hybridized carbons (Fsp3) is 0.429. The number of carbonyl (C=O) groups excluding carboxylic acids is 1. The molecule has 1 fully saturated rings. The van der Waals surface area contributed by atoms with Crippen LogP contribution in [0.3, 0.4) is 0 Å². The van der Waals surface area contributed by atoms with E-state index >= 15 is 4.39 Å². The Kier molecular flexibility index (Phi) is 9.80. The summed E-state index contributed by atoms with van der Waals surface area (Å²) >= 11 is 12.2. The predicted octanol–water partition coefficient (Wildman–Crippen LogP) is 4.06. The first-order valence-electron chi connectivity index (χ1n) is 14.0. The second-order valence-electron chi connectivity index (χ2n) is 10.8. The lowest BCUT2D eigenvalue weighted by Crippen LogP contribution is -2.48. The largest absolute Gasteiger partial charge is 0.462 e. The van der Waals surface area contributed by atoms with E-state index in [1.54, 1.807) is 40.0 Å². The van der Waals surface area contributed by atoms with Crippen LogP contribution in [0.25, 0.3) is 21.9 Å². The molecule has 2 aromatic heterocycles. The molecular formula is C28H34ClFN7O6PS. The number of nitrogens with one attached hydrogen (secondary N) is 2. The fourth-order valence-corrected chi connectivity index (χ4v) is 7.65. The van der Waals surface area contributed by atoms with Crippen molar-refractivity contribution in [3.05, 3.63) is 48.8 Å². The van der Waals surface area contributed by atoms with Gasteiger partial charge in [0.05, 0.1) is 24.9 Å². The third kappa shape index (κ3) is 6.70. The van der Waals surface area contributed by atoms with E-state index in [1.165, 1.54) is 10.9 Å². The highest BCUT2D eigenvalue weighted by molar-refractivity contribution is 8.09. The molecule has 1 aliphatic rings. The second-order valence-corrected chi connectivity index (χ2v) is 14.2. The number of benzene rings is 2. The number of imidazole rings is 1. The summed E-state index contributed by atoms with van der Waals surface area (Å²) in [5, 5.41) is 18.6. The van der Waals surface area contributed by atoms with E-state index in [0.717, 1.165) is 10.8 Å². The highest BCUT2D eigenvalue weighted by Gasteiger charge is 2.57. The van der Waals surface area contributed by atoms with Gasteiger partial charge in [-0.05, 0) is 44.0 Å². The molecule has 4 aromatic rings. The van der Waals surface area contributed by atoms with Crippen LogP contribution < -0.4 is 20.7 Å². The van der Waals surface area contributed by atoms with Crippen LogP contribution in [0.1, 0.15) is 27.0 Å². The Morgan fingerprint density at radius 2 is 2.00 bits per heavy atom. The number of hydrogen-bond donors (Lipinski definition) is 4. The first-order valence-corrected chi connectivity index (χ1v) is 17.2. The van der Waals surface area contributed by atoms with Crippen molar-refractivity contribution < 1.29 is 32.8 Å². The van der Waals surface area contributed by atoms with Gasteiger partial charge in [0.15, 0.2) is 29.4 Å². The molecule has 45 heavy (non-hydrogen) atoms. The van der Waals surface area contributed by atoms with Crippen molar-refractivity contribution in [1.29, 1.82) is 0 Å². The number of esters is 1. The molecule has 3 heterocycles. The van der Waals surface area contributed by atoms with Gasteiger partial charge in [-0.1, -0.05) is 36.4 Å². The lowest BCUT2D eigenvalue weighted by Gasteiger charge is -2.33. The second kappa shape index (κ2) is 13.3. The van der Waals surface area contributed by atoms with Gasteiger partial charge >= 0.3 is 12.6 Å². The standard InChI is InChI=1S/C28H34ClFN7O6PS/c1-15(2)41-26(39)16(3)36-44(45,43-19-11-7-9-17-8-5-6-10-18(17)19)40-13-28(12-29)22(38)20(30)25(42-28)37-14-33-21-23(32-4)34-27(31)35-24(21)37/h5-11,14-16,20,22,25,38H,12-13H2,1-4H3,(H,36,45)(H3,31,32,34,35)/t16-,20-,22+,25-,28-,44?/m1/s1. The molecule has 0 saturated carbocycles. The van der Waals surface area contributed by atoms with Crippen LogP contribution in [-0.4, -0.2) is 80.2 Å². The van der Waals surface area contributed by atoms with Crippen molar-refractivity contribution in [2.75, 3.05) is 30.6 Å². The normalized spacial score (nSPS) is 23.7.